The second-order valence-corrected chi connectivity index (χ2v) is 5.09. The first kappa shape index (κ1) is 12.0. The average Bonchev–Trinajstić information content (AvgIpc) is 3.29. The SMILES string of the molecule is O=C1c2ccccc2C(=O)N1[C@H]1CO[C@H](C2CO2)OC1. The lowest BCUT2D eigenvalue weighted by Crippen LogP contribution is -2.50. The van der Waals surface area contributed by atoms with Gasteiger partial charge in [-0.25, -0.2) is 0 Å². The van der Waals surface area contributed by atoms with E-state index in [2.05, 4.69) is 0 Å². The molecule has 0 spiro atoms. The average molecular weight is 275 g/mol. The van der Waals surface area contributed by atoms with Crippen LogP contribution in [0.2, 0.25) is 0 Å². The van der Waals surface area contributed by atoms with Crippen LogP contribution in [0.5, 0.6) is 0 Å². The Morgan fingerprint density at radius 2 is 1.45 bits per heavy atom. The third-order valence-corrected chi connectivity index (χ3v) is 3.76. The van der Waals surface area contributed by atoms with Gasteiger partial charge >= 0.3 is 0 Å². The number of carbonyl (C=O) groups is 2. The first-order chi connectivity index (χ1) is 9.75. The number of fused-ring (bicyclic) bond motifs is 1. The predicted octanol–water partition coefficient (Wildman–Crippen LogP) is 0.423. The molecule has 104 valence electrons. The molecule has 0 aliphatic carbocycles. The summed E-state index contributed by atoms with van der Waals surface area (Å²) in [4.78, 5) is 25.9. The number of carbonyl (C=O) groups excluding carboxylic acids is 2. The molecule has 0 bridgehead atoms. The van der Waals surface area contributed by atoms with Gasteiger partial charge in [-0.1, -0.05) is 12.1 Å². The van der Waals surface area contributed by atoms with E-state index in [9.17, 15) is 9.59 Å². The van der Waals surface area contributed by atoms with Gasteiger partial charge in [0.2, 0.25) is 0 Å². The fourth-order valence-corrected chi connectivity index (χ4v) is 2.62. The maximum Gasteiger partial charge on any atom is 0.261 e. The number of benzene rings is 1. The van der Waals surface area contributed by atoms with Crippen LogP contribution in [0.4, 0.5) is 0 Å². The summed E-state index contributed by atoms with van der Waals surface area (Å²) in [6.07, 6.45) is -0.375. The van der Waals surface area contributed by atoms with Crippen LogP contribution >= 0.6 is 0 Å². The Hall–Kier alpha value is -1.76. The Morgan fingerprint density at radius 1 is 0.900 bits per heavy atom. The Morgan fingerprint density at radius 3 is 1.95 bits per heavy atom. The quantitative estimate of drug-likeness (QED) is 0.578. The van der Waals surface area contributed by atoms with Gasteiger partial charge < -0.3 is 14.2 Å². The van der Waals surface area contributed by atoms with Crippen molar-refractivity contribution < 1.29 is 23.8 Å². The summed E-state index contributed by atoms with van der Waals surface area (Å²) < 4.78 is 16.2. The van der Waals surface area contributed by atoms with E-state index < -0.39 is 0 Å². The van der Waals surface area contributed by atoms with Gasteiger partial charge in [-0.2, -0.15) is 0 Å². The summed E-state index contributed by atoms with van der Waals surface area (Å²) in [5.41, 5.74) is 0.898. The zero-order chi connectivity index (χ0) is 13.7. The van der Waals surface area contributed by atoms with Crippen molar-refractivity contribution in [3.8, 4) is 0 Å². The number of rotatable bonds is 2. The molecule has 20 heavy (non-hydrogen) atoms. The topological polar surface area (TPSA) is 68.4 Å². The van der Waals surface area contributed by atoms with Crippen molar-refractivity contribution in [1.82, 2.24) is 4.90 Å². The molecular formula is C14H13NO5. The van der Waals surface area contributed by atoms with Crippen LogP contribution in [0.25, 0.3) is 0 Å². The molecule has 2 amide bonds. The van der Waals surface area contributed by atoms with E-state index in [1.54, 1.807) is 24.3 Å². The van der Waals surface area contributed by atoms with E-state index in [4.69, 9.17) is 14.2 Å². The molecule has 1 aromatic carbocycles. The minimum Gasteiger partial charge on any atom is -0.368 e. The van der Waals surface area contributed by atoms with Crippen molar-refractivity contribution in [3.63, 3.8) is 0 Å². The minimum absolute atomic E-state index is 0.00173. The van der Waals surface area contributed by atoms with Gasteiger partial charge in [-0.05, 0) is 12.1 Å². The van der Waals surface area contributed by atoms with Crippen molar-refractivity contribution >= 4 is 11.8 Å². The smallest absolute Gasteiger partial charge is 0.261 e. The second-order valence-electron chi connectivity index (χ2n) is 5.09. The second kappa shape index (κ2) is 4.37. The molecule has 4 rings (SSSR count). The van der Waals surface area contributed by atoms with Gasteiger partial charge in [-0.3, -0.25) is 14.5 Å². The molecule has 1 aromatic rings. The van der Waals surface area contributed by atoms with Crippen molar-refractivity contribution in [2.24, 2.45) is 0 Å². The van der Waals surface area contributed by atoms with Crippen LogP contribution in [0.15, 0.2) is 24.3 Å². The predicted molar refractivity (Wildman–Crippen MR) is 66.2 cm³/mol. The molecule has 3 aliphatic heterocycles. The number of hydrogen-bond acceptors (Lipinski definition) is 5. The third-order valence-electron chi connectivity index (χ3n) is 3.76. The Balaban J connectivity index is 1.53. The van der Waals surface area contributed by atoms with Crippen LogP contribution in [0.3, 0.4) is 0 Å². The maximum atomic E-state index is 12.3. The highest BCUT2D eigenvalue weighted by atomic mass is 16.7. The van der Waals surface area contributed by atoms with Gasteiger partial charge in [0.25, 0.3) is 11.8 Å². The Labute approximate surface area is 115 Å². The standard InChI is InChI=1S/C14H13NO5/c16-12-9-3-1-2-4-10(9)13(17)15(12)8-5-19-14(20-6-8)11-7-18-11/h1-4,8,11,14H,5-7H2/t8-,11?,14-. The lowest BCUT2D eigenvalue weighted by molar-refractivity contribution is -0.205. The number of nitrogens with zero attached hydrogens (tertiary/aromatic N) is 1. The molecule has 6 heteroatoms. The van der Waals surface area contributed by atoms with Crippen LogP contribution in [-0.4, -0.2) is 55.0 Å². The fourth-order valence-electron chi connectivity index (χ4n) is 2.62. The third kappa shape index (κ3) is 1.76. The highest BCUT2D eigenvalue weighted by molar-refractivity contribution is 6.21. The van der Waals surface area contributed by atoms with Gasteiger partial charge in [0, 0.05) is 0 Å². The van der Waals surface area contributed by atoms with E-state index in [1.165, 1.54) is 4.90 Å². The molecule has 3 heterocycles. The molecule has 0 radical (unpaired) electrons. The van der Waals surface area contributed by atoms with Crippen LogP contribution in [0.1, 0.15) is 20.7 Å². The monoisotopic (exact) mass is 275 g/mol. The van der Waals surface area contributed by atoms with Crippen LogP contribution in [-0.2, 0) is 14.2 Å². The zero-order valence-corrected chi connectivity index (χ0v) is 10.7. The first-order valence-electron chi connectivity index (χ1n) is 6.57. The summed E-state index contributed by atoms with van der Waals surface area (Å²) >= 11 is 0. The highest BCUT2D eigenvalue weighted by Gasteiger charge is 2.44. The molecule has 0 aromatic heterocycles. The summed E-state index contributed by atoms with van der Waals surface area (Å²) in [6, 6.07) is 6.46. The van der Waals surface area contributed by atoms with Gasteiger partial charge in [0.05, 0.1) is 37.0 Å². The van der Waals surface area contributed by atoms with Crippen molar-refractivity contribution in [2.75, 3.05) is 19.8 Å². The molecule has 1 unspecified atom stereocenters. The number of ether oxygens (including phenoxy) is 3. The molecule has 2 fully saturated rings. The molecule has 1 atom stereocenters. The first-order valence-corrected chi connectivity index (χ1v) is 6.57. The fraction of sp³-hybridized carbons (Fsp3) is 0.429. The summed E-state index contributed by atoms with van der Waals surface area (Å²) in [7, 11) is 0. The largest absolute Gasteiger partial charge is 0.368 e. The minimum atomic E-state index is -0.377. The van der Waals surface area contributed by atoms with E-state index in [0.29, 0.717) is 17.7 Å². The number of epoxide rings is 1. The van der Waals surface area contributed by atoms with E-state index in [0.717, 1.165) is 0 Å². The van der Waals surface area contributed by atoms with Crippen LogP contribution in [0, 0.1) is 0 Å². The summed E-state index contributed by atoms with van der Waals surface area (Å²) in [5, 5.41) is 0. The molecule has 0 N–H and O–H groups in total. The number of amides is 2. The van der Waals surface area contributed by atoms with Gasteiger partial charge in [0.15, 0.2) is 6.29 Å². The van der Waals surface area contributed by atoms with Crippen LogP contribution < -0.4 is 0 Å². The summed E-state index contributed by atoms with van der Waals surface area (Å²) in [5.74, 6) is -0.548. The highest BCUT2D eigenvalue weighted by Crippen LogP contribution is 2.28. The normalized spacial score (nSPS) is 32.4. The van der Waals surface area contributed by atoms with E-state index in [1.807, 2.05) is 0 Å². The number of hydrogen-bond donors (Lipinski definition) is 0. The zero-order valence-electron chi connectivity index (χ0n) is 10.7. The lowest BCUT2D eigenvalue weighted by Gasteiger charge is -2.33. The van der Waals surface area contributed by atoms with Gasteiger partial charge in [0.1, 0.15) is 6.10 Å². The van der Waals surface area contributed by atoms with Crippen molar-refractivity contribution in [2.45, 2.75) is 18.4 Å². The molecule has 6 nitrogen and oxygen atoms in total. The molecular weight excluding hydrogens is 262 g/mol. The van der Waals surface area contributed by atoms with E-state index in [-0.39, 0.29) is 43.5 Å². The Kier molecular flexibility index (Phi) is 2.63. The lowest BCUT2D eigenvalue weighted by atomic mass is 10.1. The number of imide groups is 1. The summed E-state index contributed by atoms with van der Waals surface area (Å²) in [6.45, 7) is 1.22. The van der Waals surface area contributed by atoms with E-state index >= 15 is 0 Å². The van der Waals surface area contributed by atoms with Gasteiger partial charge in [-0.15, -0.1) is 0 Å². The maximum absolute atomic E-state index is 12.3. The van der Waals surface area contributed by atoms with Crippen molar-refractivity contribution in [3.05, 3.63) is 35.4 Å². The molecule has 0 saturated carbocycles. The molecule has 3 aliphatic rings. The van der Waals surface area contributed by atoms with Crippen molar-refractivity contribution in [1.29, 1.82) is 0 Å². The Bertz CT molecular complexity index is 540. The molecule has 2 saturated heterocycles.